The van der Waals surface area contributed by atoms with Gasteiger partial charge in [-0.05, 0) is 23.5 Å². The van der Waals surface area contributed by atoms with Crippen LogP contribution in [0, 0.1) is 0 Å². The lowest BCUT2D eigenvalue weighted by atomic mass is 9.79. The lowest BCUT2D eigenvalue weighted by Crippen LogP contribution is -2.20. The SMILES string of the molecule is CCCCCC(C)(C)c1ccc(C(OC)OC)c(C(OC)OC)c1. The maximum Gasteiger partial charge on any atom is 0.183 e. The number of hydrogen-bond donors (Lipinski definition) is 0. The van der Waals surface area contributed by atoms with Gasteiger partial charge in [-0.15, -0.1) is 0 Å². The van der Waals surface area contributed by atoms with Gasteiger partial charge < -0.3 is 18.9 Å². The highest BCUT2D eigenvalue weighted by molar-refractivity contribution is 5.37. The van der Waals surface area contributed by atoms with Crippen molar-refractivity contribution < 1.29 is 18.9 Å². The average Bonchev–Trinajstić information content (AvgIpc) is 2.58. The fourth-order valence-corrected chi connectivity index (χ4v) is 3.08. The minimum Gasteiger partial charge on any atom is -0.352 e. The van der Waals surface area contributed by atoms with Gasteiger partial charge in [0.25, 0.3) is 0 Å². The number of methoxy groups -OCH3 is 4. The van der Waals surface area contributed by atoms with Crippen LogP contribution in [-0.4, -0.2) is 28.4 Å². The molecule has 1 aromatic rings. The van der Waals surface area contributed by atoms with Gasteiger partial charge in [0.15, 0.2) is 12.6 Å². The maximum atomic E-state index is 5.50. The summed E-state index contributed by atoms with van der Waals surface area (Å²) >= 11 is 0. The smallest absolute Gasteiger partial charge is 0.183 e. The molecule has 0 N–H and O–H groups in total. The van der Waals surface area contributed by atoms with Gasteiger partial charge in [0.1, 0.15) is 0 Å². The first-order chi connectivity index (χ1) is 11.4. The van der Waals surface area contributed by atoms with E-state index < -0.39 is 12.6 Å². The molecule has 0 aliphatic rings. The first kappa shape index (κ1) is 21.1. The number of unbranched alkanes of at least 4 members (excludes halogenated alkanes) is 2. The zero-order chi connectivity index (χ0) is 18.2. The van der Waals surface area contributed by atoms with Crippen LogP contribution in [-0.2, 0) is 24.4 Å². The number of ether oxygens (including phenoxy) is 4. The molecule has 0 heterocycles. The van der Waals surface area contributed by atoms with E-state index in [1.807, 2.05) is 0 Å². The number of hydrogen-bond acceptors (Lipinski definition) is 4. The lowest BCUT2D eigenvalue weighted by molar-refractivity contribution is -0.123. The second kappa shape index (κ2) is 10.1. The summed E-state index contributed by atoms with van der Waals surface area (Å²) in [6, 6.07) is 6.40. The monoisotopic (exact) mass is 338 g/mol. The molecule has 0 atom stereocenters. The van der Waals surface area contributed by atoms with Crippen LogP contribution in [0.5, 0.6) is 0 Å². The highest BCUT2D eigenvalue weighted by Gasteiger charge is 2.26. The normalized spacial score (nSPS) is 12.4. The fourth-order valence-electron chi connectivity index (χ4n) is 3.08. The Morgan fingerprint density at radius 1 is 0.833 bits per heavy atom. The molecule has 0 aromatic heterocycles. The Hall–Kier alpha value is -0.940. The molecule has 24 heavy (non-hydrogen) atoms. The molecule has 0 saturated heterocycles. The molecule has 1 aromatic carbocycles. The quantitative estimate of drug-likeness (QED) is 0.414. The van der Waals surface area contributed by atoms with Crippen LogP contribution in [0.2, 0.25) is 0 Å². The van der Waals surface area contributed by atoms with Crippen molar-refractivity contribution in [3.05, 3.63) is 34.9 Å². The van der Waals surface area contributed by atoms with Crippen molar-refractivity contribution in [3.63, 3.8) is 0 Å². The Morgan fingerprint density at radius 3 is 1.88 bits per heavy atom. The molecule has 0 bridgehead atoms. The second-order valence-electron chi connectivity index (χ2n) is 6.79. The van der Waals surface area contributed by atoms with Crippen LogP contribution < -0.4 is 0 Å². The lowest BCUT2D eigenvalue weighted by Gasteiger charge is -2.29. The summed E-state index contributed by atoms with van der Waals surface area (Å²) in [5.74, 6) is 0. The van der Waals surface area contributed by atoms with Crippen molar-refractivity contribution in [2.45, 2.75) is 64.4 Å². The van der Waals surface area contributed by atoms with Gasteiger partial charge in [-0.25, -0.2) is 0 Å². The Labute approximate surface area is 147 Å². The molecule has 0 aliphatic heterocycles. The summed E-state index contributed by atoms with van der Waals surface area (Å²) in [6.07, 6.45) is 4.01. The Balaban J connectivity index is 3.23. The molecule has 0 amide bonds. The van der Waals surface area contributed by atoms with E-state index in [-0.39, 0.29) is 5.41 Å². The van der Waals surface area contributed by atoms with Crippen LogP contribution >= 0.6 is 0 Å². The number of rotatable bonds is 11. The van der Waals surface area contributed by atoms with Gasteiger partial charge in [0.2, 0.25) is 0 Å². The van der Waals surface area contributed by atoms with Crippen LogP contribution in [0.25, 0.3) is 0 Å². The summed E-state index contributed by atoms with van der Waals surface area (Å²) in [7, 11) is 6.56. The van der Waals surface area contributed by atoms with E-state index in [2.05, 4.69) is 39.0 Å². The summed E-state index contributed by atoms with van der Waals surface area (Å²) in [4.78, 5) is 0. The highest BCUT2D eigenvalue weighted by Crippen LogP contribution is 2.35. The van der Waals surface area contributed by atoms with E-state index in [0.29, 0.717) is 0 Å². The van der Waals surface area contributed by atoms with Gasteiger partial charge in [-0.2, -0.15) is 0 Å². The zero-order valence-corrected chi connectivity index (χ0v) is 16.3. The van der Waals surface area contributed by atoms with E-state index in [0.717, 1.165) is 17.5 Å². The van der Waals surface area contributed by atoms with Gasteiger partial charge in [0, 0.05) is 39.6 Å². The standard InChI is InChI=1S/C20H34O4/c1-8-9-10-13-20(2,3)15-11-12-16(18(21-4)22-5)17(14-15)19(23-6)24-7/h11-12,14,18-19H,8-10,13H2,1-7H3. The van der Waals surface area contributed by atoms with Crippen molar-refractivity contribution in [3.8, 4) is 0 Å². The molecule has 0 aliphatic carbocycles. The van der Waals surface area contributed by atoms with Crippen LogP contribution in [0.4, 0.5) is 0 Å². The first-order valence-corrected chi connectivity index (χ1v) is 8.70. The van der Waals surface area contributed by atoms with E-state index in [9.17, 15) is 0 Å². The van der Waals surface area contributed by atoms with E-state index in [4.69, 9.17) is 18.9 Å². The minimum atomic E-state index is -0.445. The summed E-state index contributed by atoms with van der Waals surface area (Å²) in [6.45, 7) is 6.82. The van der Waals surface area contributed by atoms with Crippen molar-refractivity contribution in [2.75, 3.05) is 28.4 Å². The van der Waals surface area contributed by atoms with Crippen molar-refractivity contribution in [1.29, 1.82) is 0 Å². The van der Waals surface area contributed by atoms with Crippen molar-refractivity contribution in [2.24, 2.45) is 0 Å². The Kier molecular flexibility index (Phi) is 8.92. The predicted octanol–water partition coefficient (Wildman–Crippen LogP) is 5.13. The molecular weight excluding hydrogens is 304 g/mol. The molecule has 4 nitrogen and oxygen atoms in total. The number of benzene rings is 1. The molecule has 0 radical (unpaired) electrons. The molecular formula is C20H34O4. The summed E-state index contributed by atoms with van der Waals surface area (Å²) < 4.78 is 21.9. The van der Waals surface area contributed by atoms with Crippen LogP contribution in [0.15, 0.2) is 18.2 Å². The maximum absolute atomic E-state index is 5.50. The second-order valence-corrected chi connectivity index (χ2v) is 6.79. The van der Waals surface area contributed by atoms with Gasteiger partial charge in [-0.1, -0.05) is 52.2 Å². The molecule has 1 rings (SSSR count). The molecule has 0 fully saturated rings. The minimum absolute atomic E-state index is 0.101. The van der Waals surface area contributed by atoms with Gasteiger partial charge >= 0.3 is 0 Å². The summed E-state index contributed by atoms with van der Waals surface area (Å²) in [5.41, 5.74) is 3.27. The predicted molar refractivity (Wildman–Crippen MR) is 97.1 cm³/mol. The van der Waals surface area contributed by atoms with Gasteiger partial charge in [-0.3, -0.25) is 0 Å². The third-order valence-electron chi connectivity index (χ3n) is 4.64. The molecule has 4 heteroatoms. The van der Waals surface area contributed by atoms with E-state index >= 15 is 0 Å². The molecule has 0 unspecified atom stereocenters. The Bertz CT molecular complexity index is 477. The van der Waals surface area contributed by atoms with Crippen LogP contribution in [0.3, 0.4) is 0 Å². The average molecular weight is 338 g/mol. The fraction of sp³-hybridized carbons (Fsp3) is 0.700. The topological polar surface area (TPSA) is 36.9 Å². The first-order valence-electron chi connectivity index (χ1n) is 8.70. The van der Waals surface area contributed by atoms with Crippen LogP contribution in [0.1, 0.15) is 75.7 Å². The highest BCUT2D eigenvalue weighted by atomic mass is 16.7. The van der Waals surface area contributed by atoms with Crippen molar-refractivity contribution >= 4 is 0 Å². The zero-order valence-electron chi connectivity index (χ0n) is 16.3. The molecule has 0 saturated carbocycles. The van der Waals surface area contributed by atoms with E-state index in [1.165, 1.54) is 24.8 Å². The molecule has 0 spiro atoms. The van der Waals surface area contributed by atoms with E-state index in [1.54, 1.807) is 28.4 Å². The summed E-state index contributed by atoms with van der Waals surface area (Å²) in [5, 5.41) is 0. The van der Waals surface area contributed by atoms with Crippen molar-refractivity contribution in [1.82, 2.24) is 0 Å². The third-order valence-corrected chi connectivity index (χ3v) is 4.64. The Morgan fingerprint density at radius 2 is 1.38 bits per heavy atom. The van der Waals surface area contributed by atoms with Gasteiger partial charge in [0.05, 0.1) is 0 Å². The largest absolute Gasteiger partial charge is 0.352 e. The molecule has 138 valence electrons. The third kappa shape index (κ3) is 5.28.